The van der Waals surface area contributed by atoms with Crippen LogP contribution in [-0.4, -0.2) is 0 Å². The lowest BCUT2D eigenvalue weighted by molar-refractivity contribution is 0.773. The monoisotopic (exact) mass is 685 g/mol. The maximum atomic E-state index is 2.49. The number of para-hydroxylation sites is 1. The number of hydrogen-bond donors (Lipinski definition) is 0. The van der Waals surface area contributed by atoms with Gasteiger partial charge in [-0.15, -0.1) is 0 Å². The zero-order valence-corrected chi connectivity index (χ0v) is 29.7. The lowest BCUT2D eigenvalue weighted by atomic mass is 9.62. The van der Waals surface area contributed by atoms with Gasteiger partial charge in [0.15, 0.2) is 0 Å². The summed E-state index contributed by atoms with van der Waals surface area (Å²) in [6.45, 7) is 0. The lowest BCUT2D eigenvalue weighted by Crippen LogP contribution is -2.31. The van der Waals surface area contributed by atoms with Crippen LogP contribution in [0.5, 0.6) is 0 Å². The van der Waals surface area contributed by atoms with Crippen molar-refractivity contribution in [3.05, 3.63) is 235 Å². The van der Waals surface area contributed by atoms with Crippen LogP contribution >= 0.6 is 0 Å². The quantitative estimate of drug-likeness (QED) is 0.168. The highest BCUT2D eigenvalue weighted by Gasteiger charge is 2.50. The Morgan fingerprint density at radius 2 is 0.907 bits per heavy atom. The van der Waals surface area contributed by atoms with E-state index in [9.17, 15) is 0 Å². The minimum atomic E-state index is -0.492. The molecule has 252 valence electrons. The maximum absolute atomic E-state index is 2.49. The zero-order valence-electron chi connectivity index (χ0n) is 29.7. The van der Waals surface area contributed by atoms with Crippen LogP contribution in [0.2, 0.25) is 0 Å². The van der Waals surface area contributed by atoms with Crippen LogP contribution in [-0.2, 0) is 5.41 Å². The summed E-state index contributed by atoms with van der Waals surface area (Å²) in [6.07, 6.45) is 0. The van der Waals surface area contributed by atoms with Crippen molar-refractivity contribution < 1.29 is 0 Å². The summed E-state index contributed by atoms with van der Waals surface area (Å²) in [6, 6.07) is 78.2. The minimum absolute atomic E-state index is 0.492. The first-order chi connectivity index (χ1) is 26.8. The highest BCUT2D eigenvalue weighted by Crippen LogP contribution is 2.63. The zero-order chi connectivity index (χ0) is 35.6. The normalized spacial score (nSPS) is 14.7. The molecule has 0 saturated heterocycles. The van der Waals surface area contributed by atoms with Gasteiger partial charge in [-0.25, -0.2) is 0 Å². The first-order valence-corrected chi connectivity index (χ1v) is 18.8. The van der Waals surface area contributed by atoms with Gasteiger partial charge in [0, 0.05) is 16.9 Å². The first-order valence-electron chi connectivity index (χ1n) is 18.8. The predicted molar refractivity (Wildman–Crippen MR) is 226 cm³/mol. The van der Waals surface area contributed by atoms with E-state index in [1.54, 1.807) is 0 Å². The Morgan fingerprint density at radius 3 is 1.69 bits per heavy atom. The fourth-order valence-electron chi connectivity index (χ4n) is 9.43. The van der Waals surface area contributed by atoms with E-state index in [1.807, 2.05) is 0 Å². The molecule has 0 saturated carbocycles. The molecule has 1 heteroatoms. The van der Waals surface area contributed by atoms with Crippen molar-refractivity contribution in [3.63, 3.8) is 0 Å². The summed E-state index contributed by atoms with van der Waals surface area (Å²) < 4.78 is 0. The van der Waals surface area contributed by atoms with Crippen LogP contribution in [0.3, 0.4) is 0 Å². The van der Waals surface area contributed by atoms with Crippen molar-refractivity contribution in [3.8, 4) is 44.5 Å². The van der Waals surface area contributed by atoms with E-state index in [0.29, 0.717) is 0 Å². The first kappa shape index (κ1) is 30.6. The molecular weight excluding hydrogens is 651 g/mol. The molecule has 0 aliphatic heterocycles. The fourth-order valence-corrected chi connectivity index (χ4v) is 9.43. The third kappa shape index (κ3) is 4.39. The Balaban J connectivity index is 1.20. The number of rotatable bonds is 6. The summed E-state index contributed by atoms with van der Waals surface area (Å²) in [7, 11) is 0. The van der Waals surface area contributed by atoms with Crippen molar-refractivity contribution in [2.24, 2.45) is 0 Å². The van der Waals surface area contributed by atoms with Crippen molar-refractivity contribution >= 4 is 27.8 Å². The van der Waals surface area contributed by atoms with Gasteiger partial charge < -0.3 is 4.90 Å². The molecule has 0 heterocycles. The van der Waals surface area contributed by atoms with Gasteiger partial charge in [0.2, 0.25) is 0 Å². The number of benzene rings is 9. The molecule has 9 aromatic carbocycles. The molecule has 9 aromatic rings. The van der Waals surface area contributed by atoms with Gasteiger partial charge >= 0.3 is 0 Å². The minimum Gasteiger partial charge on any atom is -0.310 e. The van der Waals surface area contributed by atoms with Crippen LogP contribution in [0.15, 0.2) is 212 Å². The SMILES string of the molecule is c1ccc(-c2ccc(N(c3ccc4c(c3)C3(c5ccccc5)c5ccccc5-c5cccc6ccc-4c3c56)c3ccccc3-c3ccccc3)cc2)cc1. The molecule has 0 aromatic heterocycles. The van der Waals surface area contributed by atoms with Gasteiger partial charge in [0.05, 0.1) is 11.1 Å². The molecule has 1 nitrogen and oxygen atoms in total. The average Bonchev–Trinajstić information content (AvgIpc) is 3.56. The van der Waals surface area contributed by atoms with Crippen LogP contribution in [0.1, 0.15) is 22.3 Å². The van der Waals surface area contributed by atoms with E-state index in [2.05, 4.69) is 217 Å². The third-order valence-corrected chi connectivity index (χ3v) is 11.7. The van der Waals surface area contributed by atoms with Gasteiger partial charge in [-0.3, -0.25) is 0 Å². The van der Waals surface area contributed by atoms with E-state index in [-0.39, 0.29) is 0 Å². The van der Waals surface area contributed by atoms with E-state index < -0.39 is 5.41 Å². The number of anilines is 3. The molecule has 1 unspecified atom stereocenters. The Hall–Kier alpha value is -6.96. The second-order valence-corrected chi connectivity index (χ2v) is 14.4. The molecule has 0 fully saturated rings. The van der Waals surface area contributed by atoms with Crippen molar-refractivity contribution in [1.82, 2.24) is 0 Å². The Labute approximate surface area is 316 Å². The van der Waals surface area contributed by atoms with Crippen LogP contribution in [0.25, 0.3) is 55.3 Å². The molecule has 0 N–H and O–H groups in total. The number of nitrogens with zero attached hydrogens (tertiary/aromatic N) is 1. The molecule has 2 aliphatic carbocycles. The van der Waals surface area contributed by atoms with Gasteiger partial charge in [-0.2, -0.15) is 0 Å². The fraction of sp³-hybridized carbons (Fsp3) is 0.0189. The van der Waals surface area contributed by atoms with Gasteiger partial charge in [0.1, 0.15) is 0 Å². The van der Waals surface area contributed by atoms with Crippen LogP contribution in [0, 0.1) is 0 Å². The second kappa shape index (κ2) is 12.0. The van der Waals surface area contributed by atoms with E-state index in [1.165, 1.54) is 77.5 Å². The topological polar surface area (TPSA) is 3.24 Å². The average molecular weight is 686 g/mol. The van der Waals surface area contributed by atoms with Crippen molar-refractivity contribution in [1.29, 1.82) is 0 Å². The molecule has 54 heavy (non-hydrogen) atoms. The third-order valence-electron chi connectivity index (χ3n) is 11.7. The summed E-state index contributed by atoms with van der Waals surface area (Å²) in [4.78, 5) is 2.46. The van der Waals surface area contributed by atoms with Crippen LogP contribution in [0.4, 0.5) is 17.1 Å². The molecule has 0 amide bonds. The van der Waals surface area contributed by atoms with Gasteiger partial charge in [0.25, 0.3) is 0 Å². The van der Waals surface area contributed by atoms with Gasteiger partial charge in [-0.1, -0.05) is 182 Å². The molecule has 1 atom stereocenters. The predicted octanol–water partition coefficient (Wildman–Crippen LogP) is 14.0. The maximum Gasteiger partial charge on any atom is 0.0726 e. The van der Waals surface area contributed by atoms with E-state index in [0.717, 1.165) is 17.1 Å². The molecular formula is C53H35N. The lowest BCUT2D eigenvalue weighted by Gasteiger charge is -2.40. The van der Waals surface area contributed by atoms with Crippen molar-refractivity contribution in [2.75, 3.05) is 4.90 Å². The highest BCUT2D eigenvalue weighted by atomic mass is 15.1. The van der Waals surface area contributed by atoms with E-state index in [4.69, 9.17) is 0 Å². The number of fused-ring (bicyclic) bond motifs is 6. The highest BCUT2D eigenvalue weighted by molar-refractivity contribution is 6.11. The molecule has 0 spiro atoms. The summed E-state index contributed by atoms with van der Waals surface area (Å²) in [5.41, 5.74) is 18.2. The molecule has 0 bridgehead atoms. The molecule has 2 aliphatic rings. The van der Waals surface area contributed by atoms with Crippen LogP contribution < -0.4 is 4.90 Å². The molecule has 0 radical (unpaired) electrons. The summed E-state index contributed by atoms with van der Waals surface area (Å²) in [5, 5.41) is 2.64. The number of hydrogen-bond acceptors (Lipinski definition) is 1. The Bertz CT molecular complexity index is 2860. The van der Waals surface area contributed by atoms with Crippen molar-refractivity contribution in [2.45, 2.75) is 5.41 Å². The molecule has 11 rings (SSSR count). The second-order valence-electron chi connectivity index (χ2n) is 14.4. The van der Waals surface area contributed by atoms with Gasteiger partial charge in [-0.05, 0) is 102 Å². The standard InChI is InChI=1S/C53H35N/c1-4-15-36(16-5-1)37-27-30-41(31-28-37)54(50-26-13-11-22-43(50)38-17-6-2-7-18-38)42-32-34-45-47-33-29-39-19-14-24-46-44-23-10-12-25-48(44)53(49(45)35-42,52(47)51(39)46)40-20-8-3-9-21-40/h1-35H. The largest absolute Gasteiger partial charge is 0.310 e. The Kier molecular flexibility index (Phi) is 6.84. The van der Waals surface area contributed by atoms with E-state index >= 15 is 0 Å². The summed E-state index contributed by atoms with van der Waals surface area (Å²) >= 11 is 0. The summed E-state index contributed by atoms with van der Waals surface area (Å²) in [5.74, 6) is 0. The Morgan fingerprint density at radius 1 is 0.333 bits per heavy atom. The smallest absolute Gasteiger partial charge is 0.0726 e.